The number of phenols is 1. The number of carbonyl (C=O) groups excluding carboxylic acids is 5. The number of ketones is 4. The Labute approximate surface area is 263 Å². The summed E-state index contributed by atoms with van der Waals surface area (Å²) in [6.07, 6.45) is 0.486. The van der Waals surface area contributed by atoms with E-state index in [4.69, 9.17) is 5.73 Å². The molecule has 46 heavy (non-hydrogen) atoms. The number of carbonyl (C=O) groups is 5. The molecule has 0 saturated heterocycles. The second-order valence-corrected chi connectivity index (χ2v) is 15.1. The number of amides is 1. The summed E-state index contributed by atoms with van der Waals surface area (Å²) in [6.45, 7) is -0.161. The SMILES string of the molecule is CN(C)[C@@H]1C(=O)C(C(N)=O)C(=O)[C@@]2(O)C(=O)C3C(=O)c4c(O)cc(CNC56CC7CC(CC(C7)C5)C6)c(C(F)(F)F)c4C[C@H]3C[C@@H]12. The van der Waals surface area contributed by atoms with Gasteiger partial charge >= 0.3 is 6.18 Å². The van der Waals surface area contributed by atoms with Crippen LogP contribution in [0.25, 0.3) is 0 Å². The number of phenolic OH excluding ortho intramolecular Hbond substituents is 1. The van der Waals surface area contributed by atoms with Crippen LogP contribution in [0.15, 0.2) is 6.07 Å². The average Bonchev–Trinajstić information content (AvgIpc) is 2.92. The zero-order chi connectivity index (χ0) is 33.2. The number of halogens is 3. The molecule has 1 aromatic carbocycles. The Morgan fingerprint density at radius 1 is 1.02 bits per heavy atom. The Bertz CT molecular complexity index is 1550. The van der Waals surface area contributed by atoms with E-state index in [2.05, 4.69) is 5.32 Å². The van der Waals surface area contributed by atoms with E-state index in [1.807, 2.05) is 0 Å². The van der Waals surface area contributed by atoms with Gasteiger partial charge in [-0.05, 0) is 106 Å². The number of primary amides is 1. The third-order valence-corrected chi connectivity index (χ3v) is 12.1. The van der Waals surface area contributed by atoms with Crippen LogP contribution < -0.4 is 11.1 Å². The Hall–Kier alpha value is -3.16. The molecule has 248 valence electrons. The van der Waals surface area contributed by atoms with Crippen molar-refractivity contribution < 1.29 is 47.4 Å². The van der Waals surface area contributed by atoms with Gasteiger partial charge in [-0.3, -0.25) is 28.9 Å². The predicted molar refractivity (Wildman–Crippen MR) is 154 cm³/mol. The van der Waals surface area contributed by atoms with Crippen molar-refractivity contribution in [2.75, 3.05) is 14.1 Å². The molecular formula is C33H38F3N3O7. The number of nitrogens with zero attached hydrogens (tertiary/aromatic N) is 1. The van der Waals surface area contributed by atoms with Crippen molar-refractivity contribution in [2.45, 2.75) is 81.3 Å². The molecule has 8 rings (SSSR count). The second-order valence-electron chi connectivity index (χ2n) is 15.1. The van der Waals surface area contributed by atoms with Crippen molar-refractivity contribution in [2.24, 2.45) is 47.2 Å². The largest absolute Gasteiger partial charge is 0.507 e. The number of Topliss-reactive ketones (excluding diaryl/α,β-unsaturated/α-hetero) is 4. The molecule has 0 aliphatic heterocycles. The lowest BCUT2D eigenvalue weighted by atomic mass is 9.52. The van der Waals surface area contributed by atoms with Crippen molar-refractivity contribution >= 4 is 29.0 Å². The molecule has 1 amide bonds. The number of fused-ring (bicyclic) bond motifs is 3. The molecule has 0 radical (unpaired) electrons. The van der Waals surface area contributed by atoms with Crippen molar-refractivity contribution in [1.29, 1.82) is 0 Å². The van der Waals surface area contributed by atoms with Crippen LogP contribution in [0.4, 0.5) is 13.2 Å². The van der Waals surface area contributed by atoms with E-state index in [1.54, 1.807) is 0 Å². The fraction of sp³-hybridized carbons (Fsp3) is 0.667. The van der Waals surface area contributed by atoms with E-state index < -0.39 is 99.4 Å². The van der Waals surface area contributed by atoms with Gasteiger partial charge in [0.15, 0.2) is 34.7 Å². The minimum absolute atomic E-state index is 0.161. The Morgan fingerprint density at radius 2 is 1.61 bits per heavy atom. The highest BCUT2D eigenvalue weighted by Crippen LogP contribution is 2.56. The number of aromatic hydroxyl groups is 1. The number of likely N-dealkylation sites (N-methyl/N-ethyl adjacent to an activating group) is 1. The first-order chi connectivity index (χ1) is 21.5. The van der Waals surface area contributed by atoms with Crippen molar-refractivity contribution in [3.8, 4) is 5.75 Å². The van der Waals surface area contributed by atoms with Gasteiger partial charge in [-0.15, -0.1) is 0 Å². The van der Waals surface area contributed by atoms with Crippen molar-refractivity contribution in [1.82, 2.24) is 10.2 Å². The van der Waals surface area contributed by atoms with Crippen LogP contribution in [0.3, 0.4) is 0 Å². The summed E-state index contributed by atoms with van der Waals surface area (Å²) in [5.41, 5.74) is -0.197. The number of benzene rings is 1. The molecule has 7 aliphatic carbocycles. The topological polar surface area (TPSA) is 167 Å². The van der Waals surface area contributed by atoms with E-state index in [9.17, 15) is 47.4 Å². The summed E-state index contributed by atoms with van der Waals surface area (Å²) >= 11 is 0. The first-order valence-corrected chi connectivity index (χ1v) is 16.0. The monoisotopic (exact) mass is 645 g/mol. The normalized spacial score (nSPS) is 39.8. The third kappa shape index (κ3) is 4.37. The summed E-state index contributed by atoms with van der Waals surface area (Å²) in [5.74, 6) is -11.6. The Morgan fingerprint density at radius 3 is 2.13 bits per heavy atom. The summed E-state index contributed by atoms with van der Waals surface area (Å²) < 4.78 is 44.8. The van der Waals surface area contributed by atoms with Gasteiger partial charge in [-0.1, -0.05) is 0 Å². The van der Waals surface area contributed by atoms with E-state index in [-0.39, 0.29) is 24.1 Å². The predicted octanol–water partition coefficient (Wildman–Crippen LogP) is 1.94. The van der Waals surface area contributed by atoms with E-state index >= 15 is 0 Å². The molecule has 7 aliphatic rings. The molecule has 5 N–H and O–H groups in total. The molecule has 10 nitrogen and oxygen atoms in total. The minimum Gasteiger partial charge on any atom is -0.507 e. The summed E-state index contributed by atoms with van der Waals surface area (Å²) in [7, 11) is 2.88. The van der Waals surface area contributed by atoms with Crippen LogP contribution >= 0.6 is 0 Å². The van der Waals surface area contributed by atoms with Crippen LogP contribution in [-0.2, 0) is 38.3 Å². The zero-order valence-corrected chi connectivity index (χ0v) is 25.7. The van der Waals surface area contributed by atoms with Gasteiger partial charge in [-0.2, -0.15) is 13.2 Å². The molecule has 6 saturated carbocycles. The number of nitrogens with two attached hydrogens (primary N) is 1. The fourth-order valence-electron chi connectivity index (χ4n) is 10.8. The summed E-state index contributed by atoms with van der Waals surface area (Å²) in [5, 5.41) is 26.2. The smallest absolute Gasteiger partial charge is 0.417 e. The zero-order valence-electron chi connectivity index (χ0n) is 25.7. The van der Waals surface area contributed by atoms with Gasteiger partial charge in [0.2, 0.25) is 5.91 Å². The van der Waals surface area contributed by atoms with Crippen LogP contribution in [0, 0.1) is 41.4 Å². The molecule has 13 heteroatoms. The van der Waals surface area contributed by atoms with Gasteiger partial charge in [0.1, 0.15) is 5.75 Å². The van der Waals surface area contributed by atoms with Crippen LogP contribution in [0.2, 0.25) is 0 Å². The number of nitrogens with one attached hydrogen (secondary N) is 1. The minimum atomic E-state index is -4.90. The van der Waals surface area contributed by atoms with Gasteiger partial charge in [0, 0.05) is 18.0 Å². The maximum absolute atomic E-state index is 14.9. The van der Waals surface area contributed by atoms with Crippen molar-refractivity contribution in [3.05, 3.63) is 28.3 Å². The van der Waals surface area contributed by atoms with Crippen LogP contribution in [-0.4, -0.2) is 75.4 Å². The maximum Gasteiger partial charge on any atom is 0.417 e. The fourth-order valence-corrected chi connectivity index (χ4v) is 10.8. The molecule has 0 heterocycles. The Kier molecular flexibility index (Phi) is 6.95. The van der Waals surface area contributed by atoms with Gasteiger partial charge in [0.25, 0.3) is 0 Å². The Balaban J connectivity index is 1.28. The van der Waals surface area contributed by atoms with E-state index in [0.717, 1.165) is 44.6 Å². The first-order valence-electron chi connectivity index (χ1n) is 16.0. The second kappa shape index (κ2) is 10.2. The highest BCUT2D eigenvalue weighted by molar-refractivity contribution is 6.32. The van der Waals surface area contributed by atoms with Gasteiger partial charge in [0.05, 0.1) is 23.1 Å². The molecular weight excluding hydrogens is 607 g/mol. The average molecular weight is 646 g/mol. The summed E-state index contributed by atoms with van der Waals surface area (Å²) in [4.78, 5) is 68.1. The molecule has 0 aromatic heterocycles. The van der Waals surface area contributed by atoms with Crippen molar-refractivity contribution in [3.63, 3.8) is 0 Å². The maximum atomic E-state index is 14.9. The molecule has 6 fully saturated rings. The number of hydrogen-bond donors (Lipinski definition) is 4. The molecule has 0 spiro atoms. The number of alkyl halides is 3. The lowest BCUT2D eigenvalue weighted by molar-refractivity contribution is -0.181. The third-order valence-electron chi connectivity index (χ3n) is 12.1. The van der Waals surface area contributed by atoms with Gasteiger partial charge in [-0.25, -0.2) is 0 Å². The number of aliphatic hydroxyl groups is 1. The first kappa shape index (κ1) is 31.4. The summed E-state index contributed by atoms with van der Waals surface area (Å²) in [6, 6.07) is -0.402. The molecule has 2 unspecified atom stereocenters. The lowest BCUT2D eigenvalue weighted by Gasteiger charge is -2.57. The molecule has 6 atom stereocenters. The number of hydrogen-bond acceptors (Lipinski definition) is 9. The van der Waals surface area contributed by atoms with E-state index in [1.165, 1.54) is 19.0 Å². The highest BCUT2D eigenvalue weighted by atomic mass is 19.4. The lowest BCUT2D eigenvalue weighted by Crippen LogP contribution is -2.74. The van der Waals surface area contributed by atoms with Crippen LogP contribution in [0.1, 0.15) is 72.0 Å². The standard InChI is InChI=1S/C33H38F3N3O7/c1-39(2)25-19-7-16-6-18-22(26(41)21(16)28(43)32(19,46)29(44)23(27(25)42)30(37)45)20(40)8-17(24(18)33(34,35)36)12-38-31-9-13-3-14(10-31)5-15(4-13)11-31/h8,13-16,19,21,23,25,38,40,46H,3-7,9-12H2,1-2H3,(H2,37,45)/t13?,14?,15?,16-,19-,21?,23?,25-,31?,32-/m0/s1. The highest BCUT2D eigenvalue weighted by Gasteiger charge is 2.69. The quantitative estimate of drug-likeness (QED) is 0.350. The number of rotatable bonds is 5. The van der Waals surface area contributed by atoms with E-state index in [0.29, 0.717) is 17.8 Å². The molecule has 1 aromatic rings. The van der Waals surface area contributed by atoms with Crippen LogP contribution in [0.5, 0.6) is 5.75 Å². The molecule has 4 bridgehead atoms. The van der Waals surface area contributed by atoms with Gasteiger partial charge < -0.3 is 21.3 Å².